The molecule has 5 rings (SSSR count). The Labute approximate surface area is 225 Å². The Bertz CT molecular complexity index is 1640. The third-order valence-corrected chi connectivity index (χ3v) is 5.88. The highest BCUT2D eigenvalue weighted by atomic mass is 16.5. The van der Waals surface area contributed by atoms with Crippen molar-refractivity contribution in [3.63, 3.8) is 0 Å². The van der Waals surface area contributed by atoms with Crippen LogP contribution >= 0.6 is 0 Å². The number of ether oxygens (including phenoxy) is 1. The maximum absolute atomic E-state index is 12.7. The summed E-state index contributed by atoms with van der Waals surface area (Å²) in [4.78, 5) is 22.0. The number of benzene rings is 2. The van der Waals surface area contributed by atoms with Gasteiger partial charge in [0.05, 0.1) is 35.8 Å². The molecule has 5 aromatic rings. The second-order valence-electron chi connectivity index (χ2n) is 8.74. The lowest BCUT2D eigenvalue weighted by Crippen LogP contribution is -2.21. The van der Waals surface area contributed by atoms with E-state index in [1.54, 1.807) is 41.1 Å². The molecule has 192 valence electrons. The highest BCUT2D eigenvalue weighted by Crippen LogP contribution is 2.27. The van der Waals surface area contributed by atoms with E-state index >= 15 is 0 Å². The zero-order valence-electron chi connectivity index (χ0n) is 21.3. The third-order valence-electron chi connectivity index (χ3n) is 5.88. The van der Waals surface area contributed by atoms with Crippen LogP contribution in [0.1, 0.15) is 23.9 Å². The van der Waals surface area contributed by atoms with Gasteiger partial charge in [0, 0.05) is 16.8 Å². The summed E-state index contributed by atoms with van der Waals surface area (Å²) in [5.74, 6) is 0.572. The van der Waals surface area contributed by atoms with E-state index in [1.165, 1.54) is 0 Å². The molecule has 0 unspecified atom stereocenters. The van der Waals surface area contributed by atoms with Crippen molar-refractivity contribution in [2.24, 2.45) is 0 Å². The number of nitrogens with one attached hydrogen (secondary N) is 1. The maximum atomic E-state index is 12.7. The first kappa shape index (κ1) is 25.3. The number of anilines is 1. The van der Waals surface area contributed by atoms with Crippen LogP contribution in [0.4, 0.5) is 5.82 Å². The van der Waals surface area contributed by atoms with Gasteiger partial charge in [0.15, 0.2) is 6.61 Å². The van der Waals surface area contributed by atoms with Crippen molar-refractivity contribution in [1.29, 1.82) is 5.26 Å². The molecule has 0 spiro atoms. The third kappa shape index (κ3) is 6.50. The van der Waals surface area contributed by atoms with Crippen molar-refractivity contribution in [2.75, 3.05) is 11.9 Å². The van der Waals surface area contributed by atoms with Gasteiger partial charge in [0.2, 0.25) is 0 Å². The summed E-state index contributed by atoms with van der Waals surface area (Å²) < 4.78 is 7.29. The van der Waals surface area contributed by atoms with Crippen LogP contribution in [0.3, 0.4) is 0 Å². The number of aryl methyl sites for hydroxylation is 1. The van der Waals surface area contributed by atoms with Crippen molar-refractivity contribution in [3.8, 4) is 34.3 Å². The van der Waals surface area contributed by atoms with E-state index in [1.807, 2.05) is 54.7 Å². The van der Waals surface area contributed by atoms with E-state index in [9.17, 15) is 10.1 Å². The Hall–Kier alpha value is -5.36. The van der Waals surface area contributed by atoms with Crippen LogP contribution in [0, 0.1) is 11.3 Å². The smallest absolute Gasteiger partial charge is 0.263 e. The lowest BCUT2D eigenvalue weighted by atomic mass is 10.1. The lowest BCUT2D eigenvalue weighted by molar-refractivity contribution is -0.118. The highest BCUT2D eigenvalue weighted by Gasteiger charge is 2.13. The number of carbonyl (C=O) groups is 1. The van der Waals surface area contributed by atoms with E-state index in [0.717, 1.165) is 23.4 Å². The van der Waals surface area contributed by atoms with Crippen molar-refractivity contribution in [1.82, 2.24) is 25.0 Å². The van der Waals surface area contributed by atoms with Crippen molar-refractivity contribution >= 4 is 11.7 Å². The summed E-state index contributed by atoms with van der Waals surface area (Å²) in [6, 6.07) is 27.9. The van der Waals surface area contributed by atoms with Gasteiger partial charge in [0.1, 0.15) is 17.3 Å². The molecule has 0 radical (unpaired) electrons. The van der Waals surface area contributed by atoms with Gasteiger partial charge in [-0.3, -0.25) is 9.78 Å². The molecule has 3 heterocycles. The van der Waals surface area contributed by atoms with Gasteiger partial charge in [-0.25, -0.2) is 9.67 Å². The number of para-hydroxylation sites is 1. The number of hydrogen-bond acceptors (Lipinski definition) is 7. The second kappa shape index (κ2) is 11.8. The molecule has 0 aliphatic rings. The van der Waals surface area contributed by atoms with Crippen LogP contribution in [0.25, 0.3) is 22.5 Å². The number of rotatable bonds is 9. The molecule has 1 N–H and O–H groups in total. The fourth-order valence-electron chi connectivity index (χ4n) is 3.97. The van der Waals surface area contributed by atoms with Gasteiger partial charge < -0.3 is 10.1 Å². The average molecular weight is 516 g/mol. The molecule has 39 heavy (non-hydrogen) atoms. The molecular weight excluding hydrogens is 490 g/mol. The van der Waals surface area contributed by atoms with Crippen molar-refractivity contribution in [3.05, 3.63) is 108 Å². The number of nitrogens with zero attached hydrogens (tertiary/aromatic N) is 6. The molecule has 0 bridgehead atoms. The maximum Gasteiger partial charge on any atom is 0.263 e. The number of nitriles is 1. The fraction of sp³-hybridized carbons (Fsp3) is 0.133. The van der Waals surface area contributed by atoms with E-state index in [0.29, 0.717) is 40.6 Å². The molecule has 0 atom stereocenters. The predicted molar refractivity (Wildman–Crippen MR) is 147 cm³/mol. The van der Waals surface area contributed by atoms with Crippen LogP contribution in [0.2, 0.25) is 0 Å². The number of pyridine rings is 2. The topological polar surface area (TPSA) is 119 Å². The van der Waals surface area contributed by atoms with E-state index < -0.39 is 0 Å². The van der Waals surface area contributed by atoms with Gasteiger partial charge in [-0.05, 0) is 55.0 Å². The Kier molecular flexibility index (Phi) is 7.65. The monoisotopic (exact) mass is 515 g/mol. The average Bonchev–Trinajstić information content (AvgIpc) is 3.45. The largest absolute Gasteiger partial charge is 0.484 e. The summed E-state index contributed by atoms with van der Waals surface area (Å²) in [6.45, 7) is 2.37. The zero-order chi connectivity index (χ0) is 27.0. The van der Waals surface area contributed by atoms with Gasteiger partial charge in [0.25, 0.3) is 5.91 Å². The van der Waals surface area contributed by atoms with E-state index in [2.05, 4.69) is 38.6 Å². The normalized spacial score (nSPS) is 10.6. The van der Waals surface area contributed by atoms with Gasteiger partial charge >= 0.3 is 0 Å². The molecule has 0 aliphatic heterocycles. The first-order valence-corrected chi connectivity index (χ1v) is 12.5. The summed E-state index contributed by atoms with van der Waals surface area (Å²) in [7, 11) is 0. The van der Waals surface area contributed by atoms with E-state index in [-0.39, 0.29) is 12.5 Å². The number of carbonyl (C=O) groups excluding carboxylic acids is 1. The summed E-state index contributed by atoms with van der Waals surface area (Å²) >= 11 is 0. The minimum absolute atomic E-state index is 0.171. The van der Waals surface area contributed by atoms with Gasteiger partial charge in [-0.2, -0.15) is 5.26 Å². The zero-order valence-corrected chi connectivity index (χ0v) is 21.3. The molecule has 0 saturated carbocycles. The van der Waals surface area contributed by atoms with Crippen LogP contribution in [0.5, 0.6) is 5.75 Å². The Balaban J connectivity index is 1.42. The summed E-state index contributed by atoms with van der Waals surface area (Å²) in [5, 5.41) is 20.8. The summed E-state index contributed by atoms with van der Waals surface area (Å²) in [6.07, 6.45) is 2.68. The molecule has 9 heteroatoms. The lowest BCUT2D eigenvalue weighted by Gasteiger charge is -2.10. The van der Waals surface area contributed by atoms with E-state index in [4.69, 9.17) is 4.74 Å². The Morgan fingerprint density at radius 2 is 1.74 bits per heavy atom. The fourth-order valence-corrected chi connectivity index (χ4v) is 3.97. The second-order valence-corrected chi connectivity index (χ2v) is 8.74. The molecule has 0 saturated heterocycles. The minimum Gasteiger partial charge on any atom is -0.484 e. The highest BCUT2D eigenvalue weighted by molar-refractivity contribution is 5.92. The van der Waals surface area contributed by atoms with Crippen molar-refractivity contribution < 1.29 is 9.53 Å². The standard InChI is InChI=1S/C30H25N7O2/c1-2-24-10-7-11-25(32-24)18-37-19-28(35-36-37)23-15-27(22-9-6-8-21(14-22)17-31)33-29(16-23)34-30(38)20-39-26-12-4-3-5-13-26/h3-16,19H,2,18,20H2,1H3,(H,33,34,38). The molecule has 1 amide bonds. The van der Waals surface area contributed by atoms with Gasteiger partial charge in [-0.15, -0.1) is 5.10 Å². The Morgan fingerprint density at radius 1 is 0.923 bits per heavy atom. The first-order chi connectivity index (χ1) is 19.1. The molecule has 0 fully saturated rings. The number of aromatic nitrogens is 5. The number of amides is 1. The van der Waals surface area contributed by atoms with Crippen LogP contribution in [-0.2, 0) is 17.8 Å². The minimum atomic E-state index is -0.356. The molecule has 0 aliphatic carbocycles. The molecule has 3 aromatic heterocycles. The van der Waals surface area contributed by atoms with Crippen LogP contribution in [-0.4, -0.2) is 37.5 Å². The quantitative estimate of drug-likeness (QED) is 0.296. The summed E-state index contributed by atoms with van der Waals surface area (Å²) in [5.41, 5.74) is 5.05. The molecule has 9 nitrogen and oxygen atoms in total. The van der Waals surface area contributed by atoms with Crippen LogP contribution < -0.4 is 10.1 Å². The number of hydrogen-bond donors (Lipinski definition) is 1. The first-order valence-electron chi connectivity index (χ1n) is 12.5. The van der Waals surface area contributed by atoms with Crippen molar-refractivity contribution in [2.45, 2.75) is 19.9 Å². The predicted octanol–water partition coefficient (Wildman–Crippen LogP) is 4.90. The molecular formula is C30H25N7O2. The Morgan fingerprint density at radius 3 is 2.56 bits per heavy atom. The SMILES string of the molecule is CCc1cccc(Cn2cc(-c3cc(NC(=O)COc4ccccc4)nc(-c4cccc(C#N)c4)c3)nn2)n1. The van der Waals surface area contributed by atoms with Gasteiger partial charge in [-0.1, -0.05) is 48.5 Å². The molecule has 2 aromatic carbocycles. The van der Waals surface area contributed by atoms with Crippen LogP contribution in [0.15, 0.2) is 91.1 Å².